The van der Waals surface area contributed by atoms with Gasteiger partial charge in [0.1, 0.15) is 11.5 Å². The molecule has 37 heavy (non-hydrogen) atoms. The molecule has 0 unspecified atom stereocenters. The van der Waals surface area contributed by atoms with Gasteiger partial charge in [-0.15, -0.1) is 0 Å². The molecule has 0 fully saturated rings. The van der Waals surface area contributed by atoms with Crippen molar-refractivity contribution in [2.75, 3.05) is 21.3 Å². The highest BCUT2D eigenvalue weighted by Gasteiger charge is 2.20. The van der Waals surface area contributed by atoms with Crippen LogP contribution in [-0.2, 0) is 17.9 Å². The van der Waals surface area contributed by atoms with Crippen LogP contribution in [0.5, 0.6) is 17.2 Å². The summed E-state index contributed by atoms with van der Waals surface area (Å²) in [4.78, 5) is 26.6. The van der Waals surface area contributed by atoms with E-state index in [9.17, 15) is 9.59 Å². The summed E-state index contributed by atoms with van der Waals surface area (Å²) in [5, 5.41) is 6.53. The second-order valence-corrected chi connectivity index (χ2v) is 8.08. The lowest BCUT2D eigenvalue weighted by Crippen LogP contribution is -2.34. The van der Waals surface area contributed by atoms with Crippen molar-refractivity contribution in [1.29, 1.82) is 0 Å². The molecule has 0 bridgehead atoms. The second-order valence-electron chi connectivity index (χ2n) is 8.08. The van der Waals surface area contributed by atoms with Gasteiger partial charge < -0.3 is 33.8 Å². The monoisotopic (exact) mass is 503 g/mol. The number of nitrogens with one attached hydrogen (secondary N) is 2. The Hall–Kier alpha value is -4.66. The maximum Gasteiger partial charge on any atom is 0.268 e. The van der Waals surface area contributed by atoms with Gasteiger partial charge in [-0.25, -0.2) is 0 Å². The minimum absolute atomic E-state index is 0.0734. The molecule has 0 saturated carbocycles. The highest BCUT2D eigenvalue weighted by Crippen LogP contribution is 2.38. The lowest BCUT2D eigenvalue weighted by molar-refractivity contribution is -0.118. The number of fused-ring (bicyclic) bond motifs is 1. The second kappa shape index (κ2) is 11.4. The van der Waals surface area contributed by atoms with Crippen molar-refractivity contribution in [2.45, 2.75) is 20.0 Å². The van der Waals surface area contributed by atoms with Crippen molar-refractivity contribution in [3.05, 3.63) is 83.6 Å². The van der Waals surface area contributed by atoms with E-state index in [1.165, 1.54) is 39.7 Å². The molecule has 0 atom stereocenters. The molecular formula is C28H29N3O6. The molecule has 192 valence electrons. The molecule has 0 aliphatic rings. The van der Waals surface area contributed by atoms with Crippen LogP contribution in [0.3, 0.4) is 0 Å². The first-order valence-electron chi connectivity index (χ1n) is 11.7. The van der Waals surface area contributed by atoms with E-state index in [1.807, 2.05) is 37.4 Å². The van der Waals surface area contributed by atoms with Gasteiger partial charge in [0.2, 0.25) is 5.75 Å². The molecule has 9 heteroatoms. The highest BCUT2D eigenvalue weighted by atomic mass is 16.5. The van der Waals surface area contributed by atoms with Crippen LogP contribution < -0.4 is 24.8 Å². The molecule has 9 nitrogen and oxygen atoms in total. The number of amides is 2. The SMILES string of the molecule is CCn1cc(C=C(NC(=O)c2cc(OC)c(OC)c(OC)c2)C(=O)NCc2ccco2)c2ccccc21. The fourth-order valence-corrected chi connectivity index (χ4v) is 4.05. The average molecular weight is 504 g/mol. The maximum absolute atomic E-state index is 13.3. The summed E-state index contributed by atoms with van der Waals surface area (Å²) in [5.74, 6) is 0.618. The third kappa shape index (κ3) is 5.45. The van der Waals surface area contributed by atoms with Gasteiger partial charge in [-0.1, -0.05) is 18.2 Å². The Morgan fingerprint density at radius 1 is 1.00 bits per heavy atom. The Balaban J connectivity index is 1.71. The number of methoxy groups -OCH3 is 3. The Bertz CT molecular complexity index is 1410. The first-order chi connectivity index (χ1) is 18.0. The molecule has 2 N–H and O–H groups in total. The number of benzene rings is 2. The summed E-state index contributed by atoms with van der Waals surface area (Å²) in [7, 11) is 4.42. The fourth-order valence-electron chi connectivity index (χ4n) is 4.05. The van der Waals surface area contributed by atoms with E-state index in [4.69, 9.17) is 18.6 Å². The number of para-hydroxylation sites is 1. The van der Waals surface area contributed by atoms with Gasteiger partial charge in [-0.2, -0.15) is 0 Å². The van der Waals surface area contributed by atoms with Crippen LogP contribution in [-0.4, -0.2) is 37.7 Å². The topological polar surface area (TPSA) is 104 Å². The predicted octanol–water partition coefficient (Wildman–Crippen LogP) is 4.37. The van der Waals surface area contributed by atoms with E-state index in [-0.39, 0.29) is 17.8 Å². The van der Waals surface area contributed by atoms with Gasteiger partial charge in [0.05, 0.1) is 34.1 Å². The molecule has 4 aromatic rings. The molecule has 2 heterocycles. The number of aromatic nitrogens is 1. The fraction of sp³-hybridized carbons (Fsp3) is 0.214. The van der Waals surface area contributed by atoms with E-state index in [1.54, 1.807) is 18.2 Å². The zero-order chi connectivity index (χ0) is 26.4. The van der Waals surface area contributed by atoms with Gasteiger partial charge >= 0.3 is 0 Å². The summed E-state index contributed by atoms with van der Waals surface area (Å²) in [5.41, 5.74) is 2.13. The highest BCUT2D eigenvalue weighted by molar-refractivity contribution is 6.07. The zero-order valence-electron chi connectivity index (χ0n) is 21.2. The van der Waals surface area contributed by atoms with Gasteiger partial charge in [0.15, 0.2) is 11.5 Å². The van der Waals surface area contributed by atoms with Crippen LogP contribution in [0, 0.1) is 0 Å². The number of carbonyl (C=O) groups is 2. The van der Waals surface area contributed by atoms with Crippen LogP contribution in [0.15, 0.2) is 71.1 Å². The number of ether oxygens (including phenoxy) is 3. The van der Waals surface area contributed by atoms with Gasteiger partial charge in [-0.05, 0) is 43.3 Å². The Labute approximate surface area is 214 Å². The summed E-state index contributed by atoms with van der Waals surface area (Å²) < 4.78 is 23.5. The van der Waals surface area contributed by atoms with Crippen molar-refractivity contribution < 1.29 is 28.2 Å². The minimum Gasteiger partial charge on any atom is -0.493 e. The van der Waals surface area contributed by atoms with Crippen LogP contribution >= 0.6 is 0 Å². The van der Waals surface area contributed by atoms with E-state index in [0.29, 0.717) is 23.0 Å². The van der Waals surface area contributed by atoms with E-state index in [2.05, 4.69) is 15.2 Å². The minimum atomic E-state index is -0.516. The van der Waals surface area contributed by atoms with Gasteiger partial charge in [0.25, 0.3) is 11.8 Å². The Morgan fingerprint density at radius 2 is 1.73 bits per heavy atom. The first kappa shape index (κ1) is 25.4. The molecule has 2 aromatic carbocycles. The van der Waals surface area contributed by atoms with Gasteiger partial charge in [-0.3, -0.25) is 9.59 Å². The maximum atomic E-state index is 13.3. The number of furan rings is 1. The third-order valence-electron chi connectivity index (χ3n) is 5.88. The first-order valence-corrected chi connectivity index (χ1v) is 11.7. The van der Waals surface area contributed by atoms with Crippen LogP contribution in [0.2, 0.25) is 0 Å². The van der Waals surface area contributed by atoms with Crippen molar-refractivity contribution in [3.63, 3.8) is 0 Å². The number of rotatable bonds is 10. The van der Waals surface area contributed by atoms with Crippen molar-refractivity contribution >= 4 is 28.8 Å². The summed E-state index contributed by atoms with van der Waals surface area (Å²) in [6.07, 6.45) is 5.15. The van der Waals surface area contributed by atoms with Crippen molar-refractivity contribution in [1.82, 2.24) is 15.2 Å². The zero-order valence-corrected chi connectivity index (χ0v) is 21.2. The number of aryl methyl sites for hydroxylation is 1. The number of carbonyl (C=O) groups excluding carboxylic acids is 2. The molecule has 2 aromatic heterocycles. The van der Waals surface area contributed by atoms with Crippen LogP contribution in [0.4, 0.5) is 0 Å². The average Bonchev–Trinajstić information content (AvgIpc) is 3.58. The van der Waals surface area contributed by atoms with E-state index < -0.39 is 11.8 Å². The molecule has 0 aliphatic heterocycles. The summed E-state index contributed by atoms with van der Waals surface area (Å²) in [6, 6.07) is 14.4. The predicted molar refractivity (Wildman–Crippen MR) is 140 cm³/mol. The Morgan fingerprint density at radius 3 is 2.35 bits per heavy atom. The Kier molecular flexibility index (Phi) is 7.83. The van der Waals surface area contributed by atoms with Crippen LogP contribution in [0.1, 0.15) is 28.6 Å². The smallest absolute Gasteiger partial charge is 0.268 e. The van der Waals surface area contributed by atoms with Gasteiger partial charge in [0, 0.05) is 34.8 Å². The normalized spacial score (nSPS) is 11.3. The summed E-state index contributed by atoms with van der Waals surface area (Å²) >= 11 is 0. The van der Waals surface area contributed by atoms with Crippen molar-refractivity contribution in [2.24, 2.45) is 0 Å². The third-order valence-corrected chi connectivity index (χ3v) is 5.88. The standard InChI is InChI=1S/C28H29N3O6/c1-5-31-17-19(21-10-6-7-11-23(21)31)13-22(28(33)29-16-20-9-8-12-37-20)30-27(32)18-14-24(34-2)26(36-4)25(15-18)35-3/h6-15,17H,5,16H2,1-4H3,(H,29,33)(H,30,32). The number of nitrogens with zero attached hydrogens (tertiary/aromatic N) is 1. The lowest BCUT2D eigenvalue weighted by atomic mass is 10.1. The van der Waals surface area contributed by atoms with Crippen molar-refractivity contribution in [3.8, 4) is 17.2 Å². The van der Waals surface area contributed by atoms with E-state index in [0.717, 1.165) is 23.0 Å². The summed E-state index contributed by atoms with van der Waals surface area (Å²) in [6.45, 7) is 2.97. The number of hydrogen-bond donors (Lipinski definition) is 2. The lowest BCUT2D eigenvalue weighted by Gasteiger charge is -2.15. The molecule has 0 spiro atoms. The molecule has 0 aliphatic carbocycles. The number of hydrogen-bond acceptors (Lipinski definition) is 6. The quantitative estimate of drug-likeness (QED) is 0.312. The molecule has 0 radical (unpaired) electrons. The molecular weight excluding hydrogens is 474 g/mol. The molecule has 4 rings (SSSR count). The molecule has 0 saturated heterocycles. The van der Waals surface area contributed by atoms with E-state index >= 15 is 0 Å². The molecule has 2 amide bonds. The van der Waals surface area contributed by atoms with Crippen LogP contribution in [0.25, 0.3) is 17.0 Å². The largest absolute Gasteiger partial charge is 0.493 e.